The molecule has 13 heavy (non-hydrogen) atoms. The van der Waals surface area contributed by atoms with Crippen LogP contribution in [-0.2, 0) is 9.84 Å². The van der Waals surface area contributed by atoms with Crippen molar-refractivity contribution in [2.75, 3.05) is 25.4 Å². The highest BCUT2D eigenvalue weighted by Crippen LogP contribution is 1.99. The molecule has 1 fully saturated rings. The molecule has 0 spiro atoms. The number of sulfone groups is 1. The van der Waals surface area contributed by atoms with Gasteiger partial charge in [0.25, 0.3) is 0 Å². The lowest BCUT2D eigenvalue weighted by Crippen LogP contribution is -2.56. The third-order valence-electron chi connectivity index (χ3n) is 2.32. The molecule has 4 nitrogen and oxygen atoms in total. The van der Waals surface area contributed by atoms with Gasteiger partial charge in [0, 0.05) is 25.7 Å². The Labute approximate surface area is 80.0 Å². The molecule has 0 aliphatic carbocycles. The van der Waals surface area contributed by atoms with Crippen LogP contribution in [0.1, 0.15) is 13.8 Å². The topological polar surface area (TPSA) is 58.2 Å². The van der Waals surface area contributed by atoms with Crippen molar-refractivity contribution in [3.63, 3.8) is 0 Å². The summed E-state index contributed by atoms with van der Waals surface area (Å²) in [6.07, 6.45) is 0. The smallest absolute Gasteiger partial charge is 0.153 e. The molecule has 78 valence electrons. The largest absolute Gasteiger partial charge is 0.314 e. The molecule has 2 N–H and O–H groups in total. The number of rotatable bonds is 5. The van der Waals surface area contributed by atoms with E-state index in [9.17, 15) is 8.42 Å². The van der Waals surface area contributed by atoms with Crippen LogP contribution >= 0.6 is 0 Å². The first-order chi connectivity index (χ1) is 6.02. The van der Waals surface area contributed by atoms with Crippen LogP contribution in [0.2, 0.25) is 0 Å². The summed E-state index contributed by atoms with van der Waals surface area (Å²) in [6.45, 7) is 5.94. The Hall–Kier alpha value is -0.130. The summed E-state index contributed by atoms with van der Waals surface area (Å²) in [5.41, 5.74) is 0. The van der Waals surface area contributed by atoms with Gasteiger partial charge in [-0.3, -0.25) is 0 Å². The van der Waals surface area contributed by atoms with Crippen molar-refractivity contribution in [3.8, 4) is 0 Å². The second-order valence-electron chi connectivity index (χ2n) is 3.73. The van der Waals surface area contributed by atoms with Crippen LogP contribution in [0.5, 0.6) is 0 Å². The van der Waals surface area contributed by atoms with Gasteiger partial charge in [-0.05, 0) is 13.8 Å². The van der Waals surface area contributed by atoms with E-state index in [4.69, 9.17) is 0 Å². The van der Waals surface area contributed by atoms with Gasteiger partial charge in [-0.1, -0.05) is 0 Å². The quantitative estimate of drug-likeness (QED) is 0.629. The van der Waals surface area contributed by atoms with Crippen LogP contribution < -0.4 is 10.6 Å². The molecular formula is C8H18N2O2S. The maximum absolute atomic E-state index is 11.4. The highest BCUT2D eigenvalue weighted by Gasteiger charge is 2.19. The summed E-state index contributed by atoms with van der Waals surface area (Å²) >= 11 is 0. The Morgan fingerprint density at radius 2 is 2.08 bits per heavy atom. The van der Waals surface area contributed by atoms with Crippen molar-refractivity contribution in [2.45, 2.75) is 25.1 Å². The second kappa shape index (κ2) is 4.39. The van der Waals surface area contributed by atoms with Gasteiger partial charge in [-0.15, -0.1) is 0 Å². The molecule has 0 unspecified atom stereocenters. The van der Waals surface area contributed by atoms with Crippen molar-refractivity contribution in [1.82, 2.24) is 10.6 Å². The van der Waals surface area contributed by atoms with E-state index in [1.54, 1.807) is 13.8 Å². The van der Waals surface area contributed by atoms with E-state index >= 15 is 0 Å². The summed E-state index contributed by atoms with van der Waals surface area (Å²) in [6, 6.07) is 0.474. The van der Waals surface area contributed by atoms with Crippen molar-refractivity contribution < 1.29 is 8.42 Å². The fourth-order valence-corrected chi connectivity index (χ4v) is 1.95. The van der Waals surface area contributed by atoms with Gasteiger partial charge >= 0.3 is 0 Å². The molecule has 0 radical (unpaired) electrons. The Kier molecular flexibility index (Phi) is 3.70. The SMILES string of the molecule is CC(C)S(=O)(=O)CCNC1CNC1. The molecule has 1 aliphatic rings. The predicted molar refractivity (Wildman–Crippen MR) is 53.6 cm³/mol. The van der Waals surface area contributed by atoms with Crippen LogP contribution in [0.4, 0.5) is 0 Å². The summed E-state index contributed by atoms with van der Waals surface area (Å²) in [7, 11) is -2.86. The lowest BCUT2D eigenvalue weighted by Gasteiger charge is -2.28. The van der Waals surface area contributed by atoms with Gasteiger partial charge in [0.15, 0.2) is 9.84 Å². The molecule has 1 aliphatic heterocycles. The highest BCUT2D eigenvalue weighted by molar-refractivity contribution is 7.92. The maximum atomic E-state index is 11.4. The number of hydrogen-bond acceptors (Lipinski definition) is 4. The molecule has 0 aromatic heterocycles. The Bertz CT molecular complexity index is 245. The maximum Gasteiger partial charge on any atom is 0.153 e. The molecular weight excluding hydrogens is 188 g/mol. The van der Waals surface area contributed by atoms with Crippen LogP contribution in [0, 0.1) is 0 Å². The highest BCUT2D eigenvalue weighted by atomic mass is 32.2. The van der Waals surface area contributed by atoms with Gasteiger partial charge in [0.1, 0.15) is 0 Å². The van der Waals surface area contributed by atoms with E-state index in [2.05, 4.69) is 10.6 Å². The van der Waals surface area contributed by atoms with E-state index in [1.807, 2.05) is 0 Å². The standard InChI is InChI=1S/C8H18N2O2S/c1-7(2)13(11,12)4-3-10-8-5-9-6-8/h7-10H,3-6H2,1-2H3. The first-order valence-corrected chi connectivity index (χ1v) is 6.39. The summed E-state index contributed by atoms with van der Waals surface area (Å²) < 4.78 is 22.7. The van der Waals surface area contributed by atoms with Crippen molar-refractivity contribution >= 4 is 9.84 Å². The third kappa shape index (κ3) is 3.25. The molecule has 0 saturated carbocycles. The molecule has 1 saturated heterocycles. The average Bonchev–Trinajstić information content (AvgIpc) is 1.94. The predicted octanol–water partition coefficient (Wildman–Crippen LogP) is -0.629. The minimum Gasteiger partial charge on any atom is -0.314 e. The van der Waals surface area contributed by atoms with Gasteiger partial charge in [-0.25, -0.2) is 8.42 Å². The average molecular weight is 206 g/mol. The van der Waals surface area contributed by atoms with Gasteiger partial charge in [-0.2, -0.15) is 0 Å². The molecule has 0 atom stereocenters. The molecule has 0 amide bonds. The number of hydrogen-bond donors (Lipinski definition) is 2. The molecule has 0 aromatic rings. The lowest BCUT2D eigenvalue weighted by molar-refractivity contribution is 0.374. The fourth-order valence-electron chi connectivity index (χ4n) is 1.07. The Morgan fingerprint density at radius 1 is 1.46 bits per heavy atom. The zero-order valence-electron chi connectivity index (χ0n) is 8.21. The molecule has 0 aromatic carbocycles. The third-order valence-corrected chi connectivity index (χ3v) is 4.53. The van der Waals surface area contributed by atoms with Crippen LogP contribution in [0.25, 0.3) is 0 Å². The van der Waals surface area contributed by atoms with E-state index in [0.717, 1.165) is 13.1 Å². The van der Waals surface area contributed by atoms with Crippen LogP contribution in [-0.4, -0.2) is 45.1 Å². The van der Waals surface area contributed by atoms with Crippen molar-refractivity contribution in [2.24, 2.45) is 0 Å². The second-order valence-corrected chi connectivity index (χ2v) is 6.40. The Balaban J connectivity index is 2.17. The minimum absolute atomic E-state index is 0.251. The summed E-state index contributed by atoms with van der Waals surface area (Å²) in [5.74, 6) is 0.251. The van der Waals surface area contributed by atoms with E-state index in [1.165, 1.54) is 0 Å². The van der Waals surface area contributed by atoms with Crippen LogP contribution in [0.3, 0.4) is 0 Å². The number of nitrogens with one attached hydrogen (secondary N) is 2. The van der Waals surface area contributed by atoms with Crippen molar-refractivity contribution in [3.05, 3.63) is 0 Å². The van der Waals surface area contributed by atoms with E-state index in [0.29, 0.717) is 12.6 Å². The molecule has 0 bridgehead atoms. The fraction of sp³-hybridized carbons (Fsp3) is 1.00. The molecule has 1 rings (SSSR count). The van der Waals surface area contributed by atoms with Gasteiger partial charge in [0.05, 0.1) is 11.0 Å². The normalized spacial score (nSPS) is 19.0. The van der Waals surface area contributed by atoms with Gasteiger partial charge < -0.3 is 10.6 Å². The Morgan fingerprint density at radius 3 is 2.46 bits per heavy atom. The van der Waals surface area contributed by atoms with E-state index in [-0.39, 0.29) is 11.0 Å². The first kappa shape index (κ1) is 10.9. The van der Waals surface area contributed by atoms with Crippen LogP contribution in [0.15, 0.2) is 0 Å². The minimum atomic E-state index is -2.86. The summed E-state index contributed by atoms with van der Waals surface area (Å²) in [5, 5.41) is 6.05. The molecule has 1 heterocycles. The van der Waals surface area contributed by atoms with Crippen molar-refractivity contribution in [1.29, 1.82) is 0 Å². The zero-order chi connectivity index (χ0) is 9.90. The monoisotopic (exact) mass is 206 g/mol. The zero-order valence-corrected chi connectivity index (χ0v) is 9.02. The summed E-state index contributed by atoms with van der Waals surface area (Å²) in [4.78, 5) is 0. The van der Waals surface area contributed by atoms with Gasteiger partial charge in [0.2, 0.25) is 0 Å². The first-order valence-electron chi connectivity index (χ1n) is 4.68. The van der Waals surface area contributed by atoms with E-state index < -0.39 is 9.84 Å². The molecule has 5 heteroatoms. The lowest BCUT2D eigenvalue weighted by atomic mass is 10.2.